The second kappa shape index (κ2) is 15.7. The molecule has 0 amide bonds. The van der Waals surface area contributed by atoms with Gasteiger partial charge < -0.3 is 4.74 Å². The molecule has 4 nitrogen and oxygen atoms in total. The predicted octanol–water partition coefficient (Wildman–Crippen LogP) is 12.7. The van der Waals surface area contributed by atoms with Gasteiger partial charge in [-0.3, -0.25) is 5.41 Å². The Kier molecular flexibility index (Phi) is 10.7. The molecule has 0 bridgehead atoms. The van der Waals surface area contributed by atoms with E-state index in [0.717, 1.165) is 65.1 Å². The molecule has 1 aliphatic carbocycles. The molecular weight excluding hydrogens is 695 g/mol. The van der Waals surface area contributed by atoms with Crippen LogP contribution in [0.2, 0.25) is 0 Å². The molecule has 4 heteroatoms. The van der Waals surface area contributed by atoms with E-state index in [1.807, 2.05) is 6.08 Å². The highest BCUT2D eigenvalue weighted by Gasteiger charge is 2.44. The first-order valence-corrected chi connectivity index (χ1v) is 21.4. The van der Waals surface area contributed by atoms with Crippen molar-refractivity contribution in [3.63, 3.8) is 0 Å². The molecule has 5 heterocycles. The molecule has 3 aliphatic heterocycles. The van der Waals surface area contributed by atoms with Gasteiger partial charge in [0.1, 0.15) is 0 Å². The number of ether oxygens (including phenoxy) is 1. The lowest BCUT2D eigenvalue weighted by atomic mass is 9.76. The van der Waals surface area contributed by atoms with E-state index in [9.17, 15) is 5.41 Å². The first-order chi connectivity index (χ1) is 27.4. The van der Waals surface area contributed by atoms with Crippen LogP contribution in [0.1, 0.15) is 128 Å². The maximum absolute atomic E-state index is 9.24. The monoisotopic (exact) mass is 755 g/mol. The molecule has 1 N–H and O–H groups in total. The van der Waals surface area contributed by atoms with Crippen molar-refractivity contribution < 1.29 is 13.9 Å². The quantitative estimate of drug-likeness (QED) is 0.148. The van der Waals surface area contributed by atoms with Crippen LogP contribution in [0, 0.1) is 44.9 Å². The fraction of sp³-hybridized carbons (Fsp3) is 0.377. The number of nitrogens with zero attached hydrogens (tertiary/aromatic N) is 2. The maximum atomic E-state index is 9.24. The molecule has 8 rings (SSSR count). The van der Waals surface area contributed by atoms with Crippen molar-refractivity contribution in [2.45, 2.75) is 117 Å². The molecular formula is C53H61N3O+2. The standard InChI is InChI=1S/C53H61N3O/c1-10-11-15-34(4)35(5)24-33(3)26-46-43-22-19-41-20-23-48-45(44-25-32(2)18-21-42(44)49-27-36(6)38(8)30-56(48)49)29-39(9)55-31-47(40-16-13-12-14-17-40)37(7)28-50(55)51(41)52(43)57-53(46)54/h10-11,15,18-19,21-22,25-28,30-31,33,35,40,45,48,54H,1,4,9,12-14,16-17,20,23-24,29H2,2-3,5-8H3/q+2/b15-11-,46-26-,54-53?. The van der Waals surface area contributed by atoms with Crippen molar-refractivity contribution in [3.05, 3.63) is 149 Å². The molecule has 4 atom stereocenters. The van der Waals surface area contributed by atoms with Crippen LogP contribution in [0.15, 0.2) is 104 Å². The van der Waals surface area contributed by atoms with E-state index in [0.29, 0.717) is 11.8 Å². The van der Waals surface area contributed by atoms with Crippen molar-refractivity contribution in [3.8, 4) is 28.3 Å². The number of aromatic nitrogens is 2. The highest BCUT2D eigenvalue weighted by Crippen LogP contribution is 2.49. The zero-order chi connectivity index (χ0) is 40.1. The lowest BCUT2D eigenvalue weighted by Crippen LogP contribution is -2.49. The normalized spacial score (nSPS) is 20.8. The topological polar surface area (TPSA) is 40.8 Å². The van der Waals surface area contributed by atoms with Crippen LogP contribution in [-0.2, 0) is 6.42 Å². The van der Waals surface area contributed by atoms with Crippen molar-refractivity contribution >= 4 is 17.2 Å². The minimum Gasteiger partial charge on any atom is -0.437 e. The first-order valence-electron chi connectivity index (χ1n) is 21.4. The van der Waals surface area contributed by atoms with Crippen molar-refractivity contribution in [2.75, 3.05) is 0 Å². The number of fused-ring (bicyclic) bond motifs is 11. The van der Waals surface area contributed by atoms with Crippen molar-refractivity contribution in [2.24, 2.45) is 11.8 Å². The number of nitrogens with one attached hydrogen (secondary N) is 1. The third kappa shape index (κ3) is 7.22. The molecule has 57 heavy (non-hydrogen) atoms. The summed E-state index contributed by atoms with van der Waals surface area (Å²) < 4.78 is 11.7. The summed E-state index contributed by atoms with van der Waals surface area (Å²) in [6, 6.07) is 16.7. The summed E-state index contributed by atoms with van der Waals surface area (Å²) in [4.78, 5) is 0. The predicted molar refractivity (Wildman–Crippen MR) is 237 cm³/mol. The largest absolute Gasteiger partial charge is 0.437 e. The number of hydrogen-bond donors (Lipinski definition) is 1. The second-order valence-corrected chi connectivity index (χ2v) is 17.8. The van der Waals surface area contributed by atoms with Gasteiger partial charge in [-0.2, -0.15) is 9.13 Å². The third-order valence-electron chi connectivity index (χ3n) is 13.7. The summed E-state index contributed by atoms with van der Waals surface area (Å²) in [6.45, 7) is 26.6. The summed E-state index contributed by atoms with van der Waals surface area (Å²) in [7, 11) is 0. The second-order valence-electron chi connectivity index (χ2n) is 17.8. The van der Waals surface area contributed by atoms with Gasteiger partial charge >= 0.3 is 0 Å². The summed E-state index contributed by atoms with van der Waals surface area (Å²) >= 11 is 0. The molecule has 1 fully saturated rings. The molecule has 4 aliphatic rings. The molecule has 2 aromatic carbocycles. The van der Waals surface area contributed by atoms with Crippen LogP contribution >= 0.6 is 0 Å². The number of pyridine rings is 2. The van der Waals surface area contributed by atoms with E-state index in [1.165, 1.54) is 82.3 Å². The Morgan fingerprint density at radius 2 is 1.65 bits per heavy atom. The molecule has 0 saturated heterocycles. The van der Waals surface area contributed by atoms with E-state index in [-0.39, 0.29) is 23.8 Å². The van der Waals surface area contributed by atoms with Gasteiger partial charge in [-0.25, -0.2) is 0 Å². The van der Waals surface area contributed by atoms with Gasteiger partial charge in [0.25, 0.3) is 0 Å². The van der Waals surface area contributed by atoms with Crippen molar-refractivity contribution in [1.82, 2.24) is 0 Å². The van der Waals surface area contributed by atoms with E-state index in [1.54, 1.807) is 6.08 Å². The lowest BCUT2D eigenvalue weighted by molar-refractivity contribution is -0.719. The van der Waals surface area contributed by atoms with Gasteiger partial charge in [-0.1, -0.05) is 106 Å². The van der Waals surface area contributed by atoms with Gasteiger partial charge in [-0.05, 0) is 106 Å². The Morgan fingerprint density at radius 3 is 2.42 bits per heavy atom. The number of aryl methyl sites for hydroxylation is 5. The Morgan fingerprint density at radius 1 is 0.895 bits per heavy atom. The molecule has 2 aromatic heterocycles. The summed E-state index contributed by atoms with van der Waals surface area (Å²) in [5.41, 5.74) is 18.4. The number of benzene rings is 2. The summed E-state index contributed by atoms with van der Waals surface area (Å²) in [5, 5.41) is 9.24. The van der Waals surface area contributed by atoms with Gasteiger partial charge in [0.15, 0.2) is 29.9 Å². The Hall–Kier alpha value is -5.09. The Balaban J connectivity index is 1.29. The summed E-state index contributed by atoms with van der Waals surface area (Å²) in [6.07, 6.45) is 23.0. The van der Waals surface area contributed by atoms with E-state index in [4.69, 9.17) is 11.3 Å². The zero-order valence-electron chi connectivity index (χ0n) is 35.2. The summed E-state index contributed by atoms with van der Waals surface area (Å²) in [5.74, 6) is 2.41. The van der Waals surface area contributed by atoms with Crippen LogP contribution in [0.3, 0.4) is 0 Å². The third-order valence-corrected chi connectivity index (χ3v) is 13.7. The average Bonchev–Trinajstić information content (AvgIpc) is 3.50. The lowest BCUT2D eigenvalue weighted by Gasteiger charge is -2.32. The molecule has 0 spiro atoms. The van der Waals surface area contributed by atoms with Crippen LogP contribution in [0.25, 0.3) is 33.8 Å². The highest BCUT2D eigenvalue weighted by atomic mass is 16.5. The van der Waals surface area contributed by atoms with Crippen LogP contribution in [-0.4, -0.2) is 5.90 Å². The Bertz CT molecular complexity index is 2380. The van der Waals surface area contributed by atoms with Crippen molar-refractivity contribution in [1.29, 1.82) is 5.41 Å². The number of hydrogen-bond acceptors (Lipinski definition) is 2. The van der Waals surface area contributed by atoms with Crippen LogP contribution < -0.4 is 13.9 Å². The van der Waals surface area contributed by atoms with Crippen LogP contribution in [0.4, 0.5) is 0 Å². The van der Waals surface area contributed by atoms with E-state index < -0.39 is 0 Å². The molecule has 0 radical (unpaired) electrons. The molecule has 292 valence electrons. The molecule has 1 saturated carbocycles. The fourth-order valence-electron chi connectivity index (χ4n) is 10.4. The van der Waals surface area contributed by atoms with Gasteiger partial charge in [0, 0.05) is 52.8 Å². The van der Waals surface area contributed by atoms with E-state index >= 15 is 0 Å². The van der Waals surface area contributed by atoms with Gasteiger partial charge in [-0.15, -0.1) is 0 Å². The number of allylic oxidation sites excluding steroid dienone is 6. The Labute approximate surface area is 341 Å². The number of rotatable bonds is 7. The van der Waals surface area contributed by atoms with Crippen LogP contribution in [0.5, 0.6) is 5.75 Å². The average molecular weight is 756 g/mol. The smallest absolute Gasteiger partial charge is 0.222 e. The van der Waals surface area contributed by atoms with Gasteiger partial charge in [0.2, 0.25) is 17.3 Å². The SMILES string of the molecule is C=C/C=C\C(=C)C(C)CC(C)/C=C1\C(=N)Oc2c1ccc1c2-c2cc(C)c(C3CCCCC3)c[n+]2C(=C)CC2c3cc(C)ccc3-c3cc(C)c(C)c[n+]3C2CC1. The highest BCUT2D eigenvalue weighted by molar-refractivity contribution is 6.24. The minimum absolute atomic E-state index is 0.230. The van der Waals surface area contributed by atoms with Gasteiger partial charge in [0.05, 0.1) is 11.5 Å². The fourth-order valence-corrected chi connectivity index (χ4v) is 10.4. The minimum atomic E-state index is 0.230. The first kappa shape index (κ1) is 38.8. The maximum Gasteiger partial charge on any atom is 0.222 e. The van der Waals surface area contributed by atoms with E-state index in [2.05, 4.69) is 131 Å². The zero-order valence-corrected chi connectivity index (χ0v) is 35.2. The molecule has 4 aromatic rings. The molecule has 4 unspecified atom stereocenters.